The maximum absolute atomic E-state index is 14.4. The highest BCUT2D eigenvalue weighted by Crippen LogP contribution is 2.56. The molecule has 1 aliphatic heterocycles. The maximum atomic E-state index is 14.4. The van der Waals surface area contributed by atoms with E-state index in [1.54, 1.807) is 33.0 Å². The molecule has 13 heteroatoms. The zero-order valence-corrected chi connectivity index (χ0v) is 34.4. The second-order valence-electron chi connectivity index (χ2n) is 16.4. The molecule has 1 heterocycles. The van der Waals surface area contributed by atoms with Crippen molar-refractivity contribution in [3.05, 3.63) is 35.9 Å². The fourth-order valence-corrected chi connectivity index (χ4v) is 8.16. The first-order valence-electron chi connectivity index (χ1n) is 19.6. The third kappa shape index (κ3) is 11.0. The Morgan fingerprint density at radius 3 is 2.02 bits per heavy atom. The highest BCUT2D eigenvalue weighted by Gasteiger charge is 2.56. The van der Waals surface area contributed by atoms with Gasteiger partial charge in [-0.25, -0.2) is 4.79 Å². The number of likely N-dealkylation sites (N-methyl/N-ethyl adjacent to an activating group) is 2. The zero-order chi connectivity index (χ0) is 40.5. The monoisotopic (exact) mass is 757 g/mol. The Labute approximate surface area is 322 Å². The van der Waals surface area contributed by atoms with Crippen molar-refractivity contribution < 1.29 is 38.6 Å². The van der Waals surface area contributed by atoms with E-state index in [1.807, 2.05) is 76.8 Å². The molecule has 1 saturated heterocycles. The molecule has 1 spiro atoms. The van der Waals surface area contributed by atoms with Gasteiger partial charge in [0.25, 0.3) is 0 Å². The van der Waals surface area contributed by atoms with E-state index in [2.05, 4.69) is 16.0 Å². The van der Waals surface area contributed by atoms with Crippen molar-refractivity contribution in [3.63, 3.8) is 0 Å². The lowest BCUT2D eigenvalue weighted by Crippen LogP contribution is -2.59. The lowest BCUT2D eigenvalue weighted by atomic mass is 9.89. The van der Waals surface area contributed by atoms with E-state index < -0.39 is 60.2 Å². The van der Waals surface area contributed by atoms with Crippen LogP contribution < -0.4 is 16.0 Å². The number of hydrogen-bond acceptors (Lipinski definition) is 8. The fraction of sp³-hybridized carbons (Fsp3) is 0.732. The molecule has 1 saturated carbocycles. The number of carbonyl (C=O) groups excluding carboxylic acids is 4. The Morgan fingerprint density at radius 1 is 0.926 bits per heavy atom. The van der Waals surface area contributed by atoms with E-state index in [-0.39, 0.29) is 53.7 Å². The molecule has 0 radical (unpaired) electrons. The van der Waals surface area contributed by atoms with Crippen LogP contribution in [0.25, 0.3) is 0 Å². The molecule has 304 valence electrons. The van der Waals surface area contributed by atoms with Gasteiger partial charge in [0.15, 0.2) is 0 Å². The molecule has 4 N–H and O–H groups in total. The molecule has 0 unspecified atom stereocenters. The molecule has 0 bridgehead atoms. The zero-order valence-electron chi connectivity index (χ0n) is 34.4. The van der Waals surface area contributed by atoms with Gasteiger partial charge in [-0.3, -0.25) is 19.2 Å². The normalized spacial score (nSPS) is 20.8. The summed E-state index contributed by atoms with van der Waals surface area (Å²) < 4.78 is 12.0. The summed E-state index contributed by atoms with van der Waals surface area (Å²) in [7, 11) is 6.52. The standard InChI is InChI=1S/C41H67N5O8/c1-12-26(6)35(45(9)39(50)34(25(4)5)44-38(49)33(42-8)24(2)3)31(53-10)21-32(47)46-23-41(18-19-41)22-30(46)36(54-11)27(7)37(48)43-29(40(51)52)20-28-16-14-13-15-17-28/h13-17,24-27,29-31,33-36,42H,12,18-23H2,1-11H3,(H,43,48)(H,44,49)(H,51,52)/t26-,27+,29-,30-,31+,33-,34-,35-,36+/m0/s1. The number of carbonyl (C=O) groups is 5. The van der Waals surface area contributed by atoms with E-state index in [0.29, 0.717) is 13.0 Å². The fourth-order valence-electron chi connectivity index (χ4n) is 8.16. The van der Waals surface area contributed by atoms with Gasteiger partial charge in [-0.2, -0.15) is 0 Å². The molecule has 1 aliphatic carbocycles. The minimum Gasteiger partial charge on any atom is -0.480 e. The van der Waals surface area contributed by atoms with E-state index in [4.69, 9.17) is 9.47 Å². The Balaban J connectivity index is 1.83. The molecule has 2 aliphatic rings. The van der Waals surface area contributed by atoms with Crippen LogP contribution in [0.15, 0.2) is 30.3 Å². The van der Waals surface area contributed by atoms with Crippen molar-refractivity contribution in [2.45, 2.75) is 129 Å². The van der Waals surface area contributed by atoms with Crippen LogP contribution in [0.2, 0.25) is 0 Å². The number of likely N-dealkylation sites (tertiary alicyclic amines) is 1. The van der Waals surface area contributed by atoms with Gasteiger partial charge >= 0.3 is 5.97 Å². The first-order chi connectivity index (χ1) is 25.4. The van der Waals surface area contributed by atoms with Gasteiger partial charge in [-0.05, 0) is 55.0 Å². The molecule has 2 fully saturated rings. The van der Waals surface area contributed by atoms with Crippen molar-refractivity contribution in [1.82, 2.24) is 25.8 Å². The van der Waals surface area contributed by atoms with Gasteiger partial charge < -0.3 is 40.3 Å². The van der Waals surface area contributed by atoms with Crippen LogP contribution in [0.3, 0.4) is 0 Å². The number of carboxylic acid groups (broad SMARTS) is 1. The van der Waals surface area contributed by atoms with Gasteiger partial charge in [0.05, 0.1) is 42.7 Å². The third-order valence-electron chi connectivity index (χ3n) is 11.9. The van der Waals surface area contributed by atoms with Crippen LogP contribution in [0.5, 0.6) is 0 Å². The summed E-state index contributed by atoms with van der Waals surface area (Å²) in [6.07, 6.45) is 2.13. The van der Waals surface area contributed by atoms with Crippen LogP contribution in [-0.4, -0.2) is 122 Å². The minimum absolute atomic E-state index is 0.00123. The van der Waals surface area contributed by atoms with E-state index in [9.17, 15) is 29.1 Å². The molecule has 0 aromatic heterocycles. The molecule has 4 amide bonds. The summed E-state index contributed by atoms with van der Waals surface area (Å²) in [5.41, 5.74) is 0.748. The predicted molar refractivity (Wildman–Crippen MR) is 207 cm³/mol. The number of aliphatic carboxylic acids is 1. The van der Waals surface area contributed by atoms with Crippen molar-refractivity contribution >= 4 is 29.6 Å². The highest BCUT2D eigenvalue weighted by molar-refractivity contribution is 5.90. The Bertz CT molecular complexity index is 1420. The SMILES string of the molecule is CC[C@H](C)[C@@H]([C@@H](CC(=O)N1CC2(CC2)C[C@H]1[C@H](OC)[C@@H](C)C(=O)N[C@@H](Cc1ccccc1)C(=O)O)OC)N(C)C(=O)[C@@H](NC(=O)[C@@H](NC)C(C)C)C(C)C. The summed E-state index contributed by atoms with van der Waals surface area (Å²) in [5.74, 6) is -3.21. The maximum Gasteiger partial charge on any atom is 0.326 e. The molecule has 3 rings (SSSR count). The van der Waals surface area contributed by atoms with E-state index in [0.717, 1.165) is 24.8 Å². The van der Waals surface area contributed by atoms with Crippen LogP contribution in [-0.2, 0) is 39.9 Å². The molecule has 13 nitrogen and oxygen atoms in total. The third-order valence-corrected chi connectivity index (χ3v) is 11.9. The number of methoxy groups -OCH3 is 2. The predicted octanol–water partition coefficient (Wildman–Crippen LogP) is 3.49. The van der Waals surface area contributed by atoms with Gasteiger partial charge in [0.2, 0.25) is 23.6 Å². The van der Waals surface area contributed by atoms with Crippen molar-refractivity contribution in [1.29, 1.82) is 0 Å². The second kappa shape index (κ2) is 19.9. The summed E-state index contributed by atoms with van der Waals surface area (Å²) >= 11 is 0. The number of nitrogens with zero attached hydrogens (tertiary/aromatic N) is 2. The smallest absolute Gasteiger partial charge is 0.326 e. The molecular formula is C41H67N5O8. The number of amides is 4. The highest BCUT2D eigenvalue weighted by atomic mass is 16.5. The summed E-state index contributed by atoms with van der Waals surface area (Å²) in [6, 6.07) is 5.88. The first kappa shape index (κ1) is 44.8. The molecular weight excluding hydrogens is 690 g/mol. The Kier molecular flexibility index (Phi) is 16.5. The van der Waals surface area contributed by atoms with Crippen LogP contribution >= 0.6 is 0 Å². The average molecular weight is 758 g/mol. The Morgan fingerprint density at radius 2 is 1.54 bits per heavy atom. The quantitative estimate of drug-likeness (QED) is 0.147. The largest absolute Gasteiger partial charge is 0.480 e. The summed E-state index contributed by atoms with van der Waals surface area (Å²) in [6.45, 7) is 14.0. The topological polar surface area (TPSA) is 167 Å². The average Bonchev–Trinajstić information content (AvgIpc) is 3.79. The number of ether oxygens (including phenoxy) is 2. The van der Waals surface area contributed by atoms with Crippen molar-refractivity contribution in [2.24, 2.45) is 29.1 Å². The summed E-state index contributed by atoms with van der Waals surface area (Å²) in [4.78, 5) is 71.1. The summed E-state index contributed by atoms with van der Waals surface area (Å²) in [5, 5.41) is 18.7. The second-order valence-corrected chi connectivity index (χ2v) is 16.4. The van der Waals surface area contributed by atoms with Crippen molar-refractivity contribution in [2.75, 3.05) is 34.9 Å². The van der Waals surface area contributed by atoms with Gasteiger partial charge in [-0.1, -0.05) is 85.2 Å². The molecule has 1 aromatic rings. The lowest BCUT2D eigenvalue weighted by molar-refractivity contribution is -0.148. The molecule has 54 heavy (non-hydrogen) atoms. The van der Waals surface area contributed by atoms with Gasteiger partial charge in [0, 0.05) is 34.2 Å². The van der Waals surface area contributed by atoms with Crippen LogP contribution in [0.1, 0.15) is 86.1 Å². The van der Waals surface area contributed by atoms with Gasteiger partial charge in [-0.15, -0.1) is 0 Å². The number of carboxylic acids is 1. The number of hydrogen-bond donors (Lipinski definition) is 4. The number of benzene rings is 1. The Hall–Kier alpha value is -3.55. The first-order valence-corrected chi connectivity index (χ1v) is 19.6. The van der Waals surface area contributed by atoms with Crippen molar-refractivity contribution in [3.8, 4) is 0 Å². The minimum atomic E-state index is -1.13. The van der Waals surface area contributed by atoms with E-state index in [1.165, 1.54) is 7.11 Å². The molecule has 9 atom stereocenters. The number of nitrogens with one attached hydrogen (secondary N) is 3. The molecule has 1 aromatic carbocycles. The number of rotatable bonds is 21. The van der Waals surface area contributed by atoms with E-state index >= 15 is 0 Å². The van der Waals surface area contributed by atoms with Crippen LogP contribution in [0, 0.1) is 29.1 Å². The van der Waals surface area contributed by atoms with Gasteiger partial charge in [0.1, 0.15) is 12.1 Å². The van der Waals surface area contributed by atoms with Crippen LogP contribution in [0.4, 0.5) is 0 Å². The lowest BCUT2D eigenvalue weighted by Gasteiger charge is -2.41.